The highest BCUT2D eigenvalue weighted by Crippen LogP contribution is 2.19. The molecule has 16 heavy (non-hydrogen) atoms. The Balaban J connectivity index is 2.73. The van der Waals surface area contributed by atoms with Crippen LogP contribution in [0.15, 0.2) is 18.2 Å². The molecule has 0 aromatic heterocycles. The summed E-state index contributed by atoms with van der Waals surface area (Å²) in [6.45, 7) is 2.36. The molecule has 1 aromatic carbocycles. The first-order valence-corrected chi connectivity index (χ1v) is 5.87. The maximum Gasteiger partial charge on any atom is 0.258 e. The van der Waals surface area contributed by atoms with Crippen LogP contribution in [0.5, 0.6) is 5.75 Å². The van der Waals surface area contributed by atoms with E-state index in [2.05, 4.69) is 21.2 Å². The van der Waals surface area contributed by atoms with Gasteiger partial charge in [0.25, 0.3) is 5.91 Å². The summed E-state index contributed by atoms with van der Waals surface area (Å²) >= 11 is 3.34. The fourth-order valence-corrected chi connectivity index (χ4v) is 1.34. The molecule has 0 bridgehead atoms. The molecule has 0 heterocycles. The highest BCUT2D eigenvalue weighted by Gasteiger charge is 2.16. The zero-order valence-corrected chi connectivity index (χ0v) is 10.4. The summed E-state index contributed by atoms with van der Waals surface area (Å²) in [5.74, 6) is -1.67. The van der Waals surface area contributed by atoms with Crippen LogP contribution in [0, 0.1) is 5.82 Å². The Hall–Kier alpha value is -1.10. The van der Waals surface area contributed by atoms with Crippen molar-refractivity contribution in [1.29, 1.82) is 0 Å². The molecular formula is C11H13BrFNO2. The first-order chi connectivity index (χ1) is 7.56. The lowest BCUT2D eigenvalue weighted by atomic mass is 10.1. The summed E-state index contributed by atoms with van der Waals surface area (Å²) in [5.41, 5.74) is -0.307. The minimum absolute atomic E-state index is 0.144. The van der Waals surface area contributed by atoms with E-state index in [-0.39, 0.29) is 16.1 Å². The van der Waals surface area contributed by atoms with Crippen LogP contribution in [0.2, 0.25) is 0 Å². The number of carbonyl (C=O) groups is 1. The van der Waals surface area contributed by atoms with Gasteiger partial charge in [-0.15, -0.1) is 0 Å². The lowest BCUT2D eigenvalue weighted by Gasteiger charge is -2.10. The summed E-state index contributed by atoms with van der Waals surface area (Å²) in [4.78, 5) is 11.7. The molecule has 0 aliphatic carbocycles. The SMILES string of the molecule is CCC(Br)CNC(=O)c1c(O)cccc1F. The molecule has 1 rings (SSSR count). The van der Waals surface area contributed by atoms with Crippen molar-refractivity contribution in [3.05, 3.63) is 29.6 Å². The van der Waals surface area contributed by atoms with Crippen molar-refractivity contribution in [3.8, 4) is 5.75 Å². The molecule has 5 heteroatoms. The highest BCUT2D eigenvalue weighted by molar-refractivity contribution is 9.09. The monoisotopic (exact) mass is 289 g/mol. The van der Waals surface area contributed by atoms with Crippen LogP contribution in [0.3, 0.4) is 0 Å². The molecule has 0 fully saturated rings. The van der Waals surface area contributed by atoms with Gasteiger partial charge >= 0.3 is 0 Å². The lowest BCUT2D eigenvalue weighted by molar-refractivity contribution is 0.0947. The first-order valence-electron chi connectivity index (χ1n) is 4.96. The average molecular weight is 290 g/mol. The van der Waals surface area contributed by atoms with Crippen LogP contribution in [-0.4, -0.2) is 22.4 Å². The smallest absolute Gasteiger partial charge is 0.258 e. The Morgan fingerprint density at radius 1 is 1.62 bits per heavy atom. The number of aromatic hydroxyl groups is 1. The highest BCUT2D eigenvalue weighted by atomic mass is 79.9. The fraction of sp³-hybridized carbons (Fsp3) is 0.364. The van der Waals surface area contributed by atoms with Crippen LogP contribution >= 0.6 is 15.9 Å². The number of carbonyl (C=O) groups excluding carboxylic acids is 1. The maximum atomic E-state index is 13.3. The van der Waals surface area contributed by atoms with E-state index >= 15 is 0 Å². The number of phenols is 1. The Morgan fingerprint density at radius 2 is 2.31 bits per heavy atom. The summed E-state index contributed by atoms with van der Waals surface area (Å²) in [6.07, 6.45) is 0.851. The number of hydrogen-bond acceptors (Lipinski definition) is 2. The molecule has 1 atom stereocenters. The Morgan fingerprint density at radius 3 is 2.88 bits per heavy atom. The van der Waals surface area contributed by atoms with Crippen molar-refractivity contribution in [2.24, 2.45) is 0 Å². The molecule has 0 radical (unpaired) electrons. The molecule has 88 valence electrons. The molecule has 0 aliphatic rings. The average Bonchev–Trinajstić information content (AvgIpc) is 2.25. The van der Waals surface area contributed by atoms with Crippen molar-refractivity contribution in [2.75, 3.05) is 6.54 Å². The molecule has 1 aromatic rings. The third-order valence-corrected chi connectivity index (χ3v) is 3.12. The zero-order valence-electron chi connectivity index (χ0n) is 8.84. The van der Waals surface area contributed by atoms with Gasteiger partial charge in [0.1, 0.15) is 17.1 Å². The van der Waals surface area contributed by atoms with Gasteiger partial charge in [-0.05, 0) is 18.6 Å². The van der Waals surface area contributed by atoms with Gasteiger partial charge in [0, 0.05) is 11.4 Å². The van der Waals surface area contributed by atoms with Crippen molar-refractivity contribution in [3.63, 3.8) is 0 Å². The fourth-order valence-electron chi connectivity index (χ4n) is 1.17. The van der Waals surface area contributed by atoms with Crippen LogP contribution in [0.1, 0.15) is 23.7 Å². The second-order valence-corrected chi connectivity index (χ2v) is 4.64. The predicted octanol–water partition coefficient (Wildman–Crippen LogP) is 2.43. The second-order valence-electron chi connectivity index (χ2n) is 3.35. The second kappa shape index (κ2) is 5.84. The van der Waals surface area contributed by atoms with Gasteiger partial charge in [-0.2, -0.15) is 0 Å². The minimum Gasteiger partial charge on any atom is -0.507 e. The standard InChI is InChI=1S/C11H13BrFNO2/c1-2-7(12)6-14-11(16)10-8(13)4-3-5-9(10)15/h3-5,7,15H,2,6H2,1H3,(H,14,16). The number of halogens is 2. The number of benzene rings is 1. The Kier molecular flexibility index (Phi) is 4.73. The van der Waals surface area contributed by atoms with Crippen molar-refractivity contribution >= 4 is 21.8 Å². The summed E-state index contributed by atoms with van der Waals surface area (Å²) in [6, 6.07) is 3.77. The van der Waals surface area contributed by atoms with Gasteiger partial charge in [0.2, 0.25) is 0 Å². The summed E-state index contributed by atoms with van der Waals surface area (Å²) in [7, 11) is 0. The van der Waals surface area contributed by atoms with Gasteiger partial charge in [0.05, 0.1) is 0 Å². The Labute approximate surface area is 102 Å². The summed E-state index contributed by atoms with van der Waals surface area (Å²) < 4.78 is 13.3. The molecule has 2 N–H and O–H groups in total. The van der Waals surface area contributed by atoms with E-state index in [9.17, 15) is 14.3 Å². The van der Waals surface area contributed by atoms with E-state index in [1.54, 1.807) is 0 Å². The summed E-state index contributed by atoms with van der Waals surface area (Å²) in [5, 5.41) is 11.9. The van der Waals surface area contributed by atoms with Crippen LogP contribution in [-0.2, 0) is 0 Å². The minimum atomic E-state index is -0.722. The lowest BCUT2D eigenvalue weighted by Crippen LogP contribution is -2.30. The third-order valence-electron chi connectivity index (χ3n) is 2.15. The number of nitrogens with one attached hydrogen (secondary N) is 1. The van der Waals surface area contributed by atoms with Gasteiger partial charge < -0.3 is 10.4 Å². The molecule has 0 saturated heterocycles. The van der Waals surface area contributed by atoms with E-state index in [1.165, 1.54) is 12.1 Å². The number of hydrogen-bond donors (Lipinski definition) is 2. The van der Waals surface area contributed by atoms with Crippen LogP contribution < -0.4 is 5.32 Å². The van der Waals surface area contributed by atoms with Gasteiger partial charge in [-0.25, -0.2) is 4.39 Å². The van der Waals surface area contributed by atoms with E-state index in [0.29, 0.717) is 6.54 Å². The predicted molar refractivity (Wildman–Crippen MR) is 63.4 cm³/mol. The van der Waals surface area contributed by atoms with Gasteiger partial charge in [-0.1, -0.05) is 28.9 Å². The van der Waals surface area contributed by atoms with Crippen molar-refractivity contribution in [1.82, 2.24) is 5.32 Å². The van der Waals surface area contributed by atoms with Gasteiger partial charge in [0.15, 0.2) is 0 Å². The largest absolute Gasteiger partial charge is 0.507 e. The molecule has 0 aliphatic heterocycles. The number of amides is 1. The zero-order chi connectivity index (χ0) is 12.1. The van der Waals surface area contributed by atoms with Crippen LogP contribution in [0.25, 0.3) is 0 Å². The molecule has 0 saturated carbocycles. The third kappa shape index (κ3) is 3.20. The van der Waals surface area contributed by atoms with Gasteiger partial charge in [-0.3, -0.25) is 4.79 Å². The van der Waals surface area contributed by atoms with Crippen molar-refractivity contribution in [2.45, 2.75) is 18.2 Å². The van der Waals surface area contributed by atoms with E-state index in [1.807, 2.05) is 6.92 Å². The van der Waals surface area contributed by atoms with E-state index < -0.39 is 11.7 Å². The molecule has 3 nitrogen and oxygen atoms in total. The molecule has 1 unspecified atom stereocenters. The first kappa shape index (κ1) is 13.0. The number of alkyl halides is 1. The Bertz CT molecular complexity index is 364. The quantitative estimate of drug-likeness (QED) is 0.837. The van der Waals surface area contributed by atoms with Crippen molar-refractivity contribution < 1.29 is 14.3 Å². The molecule has 0 spiro atoms. The van der Waals surface area contributed by atoms with Crippen LogP contribution in [0.4, 0.5) is 4.39 Å². The van der Waals surface area contributed by atoms with E-state index in [0.717, 1.165) is 12.5 Å². The maximum absolute atomic E-state index is 13.3. The number of rotatable bonds is 4. The normalized spacial score (nSPS) is 12.2. The molecular weight excluding hydrogens is 277 g/mol. The topological polar surface area (TPSA) is 49.3 Å². The van der Waals surface area contributed by atoms with E-state index in [4.69, 9.17) is 0 Å². The molecule has 1 amide bonds. The number of phenolic OH excluding ortho intramolecular Hbond substituents is 1.